The number of hydrogen-bond acceptors (Lipinski definition) is 2. The summed E-state index contributed by atoms with van der Waals surface area (Å²) in [4.78, 5) is 12.0. The maximum atomic E-state index is 12.0. The van der Waals surface area contributed by atoms with Gasteiger partial charge in [0.2, 0.25) is 0 Å². The van der Waals surface area contributed by atoms with Crippen LogP contribution in [0.25, 0.3) is 0 Å². The van der Waals surface area contributed by atoms with Crippen LogP contribution >= 0.6 is 11.6 Å². The van der Waals surface area contributed by atoms with Crippen LogP contribution < -0.4 is 5.73 Å². The van der Waals surface area contributed by atoms with Gasteiger partial charge in [-0.3, -0.25) is 4.79 Å². The number of rotatable bonds is 3. The first kappa shape index (κ1) is 11.7. The lowest BCUT2D eigenvalue weighted by Crippen LogP contribution is -2.03. The molecule has 0 unspecified atom stereocenters. The summed E-state index contributed by atoms with van der Waals surface area (Å²) in [6.45, 7) is 0. The molecule has 2 aromatic carbocycles. The fraction of sp³-hybridized carbons (Fsp3) is 0.0714. The van der Waals surface area contributed by atoms with E-state index in [2.05, 4.69) is 0 Å². The van der Waals surface area contributed by atoms with Crippen LogP contribution in [0.3, 0.4) is 0 Å². The second-order valence-electron chi connectivity index (χ2n) is 3.85. The highest BCUT2D eigenvalue weighted by atomic mass is 35.5. The third-order valence-electron chi connectivity index (χ3n) is 2.49. The molecule has 2 nitrogen and oxygen atoms in total. The molecule has 86 valence electrons. The van der Waals surface area contributed by atoms with E-state index in [4.69, 9.17) is 17.3 Å². The normalized spacial score (nSPS) is 10.2. The van der Waals surface area contributed by atoms with Gasteiger partial charge < -0.3 is 5.73 Å². The van der Waals surface area contributed by atoms with E-state index in [0.29, 0.717) is 22.7 Å². The van der Waals surface area contributed by atoms with Gasteiger partial charge in [0.15, 0.2) is 5.78 Å². The van der Waals surface area contributed by atoms with E-state index in [9.17, 15) is 4.79 Å². The number of hydrogen-bond donors (Lipinski definition) is 1. The Bertz CT molecular complexity index is 534. The average molecular weight is 246 g/mol. The summed E-state index contributed by atoms with van der Waals surface area (Å²) in [6.07, 6.45) is 0.362. The molecular weight excluding hydrogens is 234 g/mol. The van der Waals surface area contributed by atoms with E-state index in [1.807, 2.05) is 12.1 Å². The van der Waals surface area contributed by atoms with Gasteiger partial charge in [-0.05, 0) is 29.8 Å². The molecule has 0 fully saturated rings. The SMILES string of the molecule is Nc1ccc(CC(=O)c2cccc(Cl)c2)cc1. The van der Waals surface area contributed by atoms with Crippen LogP contribution in [-0.2, 0) is 6.42 Å². The maximum Gasteiger partial charge on any atom is 0.167 e. The summed E-state index contributed by atoms with van der Waals surface area (Å²) < 4.78 is 0. The first-order valence-corrected chi connectivity index (χ1v) is 5.66. The number of halogens is 1. The van der Waals surface area contributed by atoms with Crippen LogP contribution in [0.2, 0.25) is 5.02 Å². The van der Waals surface area contributed by atoms with Crippen molar-refractivity contribution in [1.29, 1.82) is 0 Å². The molecule has 0 heterocycles. The van der Waals surface area contributed by atoms with Gasteiger partial charge in [-0.1, -0.05) is 35.9 Å². The molecule has 3 heteroatoms. The molecule has 0 aliphatic heterocycles. The molecule has 0 bridgehead atoms. The van der Waals surface area contributed by atoms with E-state index < -0.39 is 0 Å². The van der Waals surface area contributed by atoms with Crippen molar-refractivity contribution in [3.63, 3.8) is 0 Å². The van der Waals surface area contributed by atoms with E-state index in [0.717, 1.165) is 5.56 Å². The van der Waals surface area contributed by atoms with Gasteiger partial charge in [-0.15, -0.1) is 0 Å². The van der Waals surface area contributed by atoms with Crippen LogP contribution in [0.4, 0.5) is 5.69 Å². The monoisotopic (exact) mass is 245 g/mol. The minimum Gasteiger partial charge on any atom is -0.399 e. The molecule has 2 aromatic rings. The Hall–Kier alpha value is -1.80. The predicted molar refractivity (Wildman–Crippen MR) is 70.3 cm³/mol. The van der Waals surface area contributed by atoms with Crippen molar-refractivity contribution in [2.75, 3.05) is 5.73 Å². The lowest BCUT2D eigenvalue weighted by atomic mass is 10.0. The van der Waals surface area contributed by atoms with Gasteiger partial charge in [-0.25, -0.2) is 0 Å². The largest absolute Gasteiger partial charge is 0.399 e. The van der Waals surface area contributed by atoms with Gasteiger partial charge in [0.1, 0.15) is 0 Å². The first-order valence-electron chi connectivity index (χ1n) is 5.28. The number of nitrogens with two attached hydrogens (primary N) is 1. The molecule has 17 heavy (non-hydrogen) atoms. The highest BCUT2D eigenvalue weighted by molar-refractivity contribution is 6.31. The third kappa shape index (κ3) is 3.08. The van der Waals surface area contributed by atoms with Crippen molar-refractivity contribution in [3.05, 3.63) is 64.7 Å². The van der Waals surface area contributed by atoms with E-state index >= 15 is 0 Å². The molecule has 0 saturated heterocycles. The van der Waals surface area contributed by atoms with Crippen molar-refractivity contribution in [1.82, 2.24) is 0 Å². The standard InChI is InChI=1S/C14H12ClNO/c15-12-3-1-2-11(9-12)14(17)8-10-4-6-13(16)7-5-10/h1-7,9H,8,16H2. The number of ketones is 1. The minimum absolute atomic E-state index is 0.0530. The second kappa shape index (κ2) is 5.02. The van der Waals surface area contributed by atoms with Gasteiger partial charge in [0.25, 0.3) is 0 Å². The zero-order valence-electron chi connectivity index (χ0n) is 9.19. The Labute approximate surface area is 105 Å². The Morgan fingerprint density at radius 2 is 1.82 bits per heavy atom. The van der Waals surface area contributed by atoms with Crippen molar-refractivity contribution >= 4 is 23.1 Å². The van der Waals surface area contributed by atoms with Crippen molar-refractivity contribution in [3.8, 4) is 0 Å². The minimum atomic E-state index is 0.0530. The lowest BCUT2D eigenvalue weighted by Gasteiger charge is -2.02. The van der Waals surface area contributed by atoms with E-state index in [1.54, 1.807) is 36.4 Å². The van der Waals surface area contributed by atoms with Gasteiger partial charge >= 0.3 is 0 Å². The topological polar surface area (TPSA) is 43.1 Å². The Morgan fingerprint density at radius 1 is 1.12 bits per heavy atom. The molecule has 2 rings (SSSR count). The summed E-state index contributed by atoms with van der Waals surface area (Å²) in [5.74, 6) is 0.0530. The molecule has 0 spiro atoms. The summed E-state index contributed by atoms with van der Waals surface area (Å²) in [5.41, 5.74) is 7.87. The Morgan fingerprint density at radius 3 is 2.47 bits per heavy atom. The van der Waals surface area contributed by atoms with Crippen molar-refractivity contribution < 1.29 is 4.79 Å². The van der Waals surface area contributed by atoms with E-state index in [-0.39, 0.29) is 5.78 Å². The van der Waals surface area contributed by atoms with Gasteiger partial charge in [0, 0.05) is 22.7 Å². The van der Waals surface area contributed by atoms with Crippen LogP contribution in [-0.4, -0.2) is 5.78 Å². The van der Waals surface area contributed by atoms with Crippen LogP contribution in [0.1, 0.15) is 15.9 Å². The first-order chi connectivity index (χ1) is 8.15. The average Bonchev–Trinajstić information content (AvgIpc) is 2.32. The molecule has 0 aliphatic rings. The summed E-state index contributed by atoms with van der Waals surface area (Å²) in [6, 6.07) is 14.3. The number of anilines is 1. The zero-order valence-corrected chi connectivity index (χ0v) is 9.95. The van der Waals surface area contributed by atoms with Crippen LogP contribution in [0, 0.1) is 0 Å². The fourth-order valence-corrected chi connectivity index (χ4v) is 1.78. The number of nitrogen functional groups attached to an aromatic ring is 1. The molecule has 0 aliphatic carbocycles. The van der Waals surface area contributed by atoms with Crippen molar-refractivity contribution in [2.45, 2.75) is 6.42 Å². The molecular formula is C14H12ClNO. The Balaban J connectivity index is 2.14. The lowest BCUT2D eigenvalue weighted by molar-refractivity contribution is 0.0993. The molecule has 2 N–H and O–H groups in total. The molecule has 0 saturated carbocycles. The quantitative estimate of drug-likeness (QED) is 0.666. The highest BCUT2D eigenvalue weighted by Gasteiger charge is 2.07. The van der Waals surface area contributed by atoms with Crippen molar-refractivity contribution in [2.24, 2.45) is 0 Å². The second-order valence-corrected chi connectivity index (χ2v) is 4.29. The molecule has 0 amide bonds. The molecule has 0 radical (unpaired) electrons. The summed E-state index contributed by atoms with van der Waals surface area (Å²) >= 11 is 5.84. The smallest absolute Gasteiger partial charge is 0.167 e. The number of carbonyl (C=O) groups is 1. The Kier molecular flexibility index (Phi) is 3.45. The van der Waals surface area contributed by atoms with E-state index in [1.165, 1.54) is 0 Å². The fourth-order valence-electron chi connectivity index (χ4n) is 1.58. The molecule has 0 atom stereocenters. The molecule has 0 aromatic heterocycles. The van der Waals surface area contributed by atoms with Crippen LogP contribution in [0.15, 0.2) is 48.5 Å². The maximum absolute atomic E-state index is 12.0. The third-order valence-corrected chi connectivity index (χ3v) is 2.73. The number of carbonyl (C=O) groups excluding carboxylic acids is 1. The highest BCUT2D eigenvalue weighted by Crippen LogP contribution is 2.14. The zero-order chi connectivity index (χ0) is 12.3. The predicted octanol–water partition coefficient (Wildman–Crippen LogP) is 3.35. The summed E-state index contributed by atoms with van der Waals surface area (Å²) in [5, 5.41) is 0.577. The number of Topliss-reactive ketones (excluding diaryl/α,β-unsaturated/α-hetero) is 1. The number of benzene rings is 2. The van der Waals surface area contributed by atoms with Crippen LogP contribution in [0.5, 0.6) is 0 Å². The van der Waals surface area contributed by atoms with Gasteiger partial charge in [-0.2, -0.15) is 0 Å². The summed E-state index contributed by atoms with van der Waals surface area (Å²) in [7, 11) is 0. The van der Waals surface area contributed by atoms with Gasteiger partial charge in [0.05, 0.1) is 0 Å².